The van der Waals surface area contributed by atoms with Crippen molar-refractivity contribution >= 4 is 29.8 Å². The standard InChI is InChI=1S/C16H20F3NO10/c1-6(21)26-5-10-12(27-7(2)22)11(20-15(25)16(17,18)19)13(28-8(3)23)14(30-10)29-9(4)24/h10-14H,5H2,1-4H3,(H,20,25)/t10-,11+,12-,13-,14+/m1/s1. The quantitative estimate of drug-likeness (QED) is 0.431. The van der Waals surface area contributed by atoms with Gasteiger partial charge >= 0.3 is 36.0 Å². The molecule has 0 aromatic carbocycles. The van der Waals surface area contributed by atoms with E-state index in [1.165, 1.54) is 0 Å². The second-order valence-corrected chi connectivity index (χ2v) is 6.10. The molecule has 1 heterocycles. The predicted molar refractivity (Wildman–Crippen MR) is 86.2 cm³/mol. The first-order chi connectivity index (χ1) is 13.7. The average molecular weight is 443 g/mol. The summed E-state index contributed by atoms with van der Waals surface area (Å²) in [5, 5.41) is 1.56. The van der Waals surface area contributed by atoms with Gasteiger partial charge in [-0.1, -0.05) is 0 Å². The molecule has 0 bridgehead atoms. The molecular formula is C16H20F3NO10. The summed E-state index contributed by atoms with van der Waals surface area (Å²) in [5.41, 5.74) is 0. The average Bonchev–Trinajstić information content (AvgIpc) is 2.56. The normalized spacial score (nSPS) is 26.2. The van der Waals surface area contributed by atoms with Gasteiger partial charge in [0.15, 0.2) is 12.2 Å². The second kappa shape index (κ2) is 10.2. The summed E-state index contributed by atoms with van der Waals surface area (Å²) in [5.74, 6) is -6.23. The minimum atomic E-state index is -5.35. The van der Waals surface area contributed by atoms with Crippen molar-refractivity contribution in [3.05, 3.63) is 0 Å². The number of amides is 1. The molecule has 1 aliphatic rings. The fraction of sp³-hybridized carbons (Fsp3) is 0.688. The molecule has 170 valence electrons. The van der Waals surface area contributed by atoms with Gasteiger partial charge in [-0.3, -0.25) is 24.0 Å². The monoisotopic (exact) mass is 443 g/mol. The predicted octanol–water partition coefficient (Wildman–Crippen LogP) is -0.252. The van der Waals surface area contributed by atoms with Crippen molar-refractivity contribution < 1.29 is 60.8 Å². The molecule has 0 unspecified atom stereocenters. The van der Waals surface area contributed by atoms with Crippen LogP contribution in [0.25, 0.3) is 0 Å². The molecule has 1 fully saturated rings. The smallest absolute Gasteiger partial charge is 0.463 e. The largest absolute Gasteiger partial charge is 0.471 e. The topological polar surface area (TPSA) is 144 Å². The maximum atomic E-state index is 12.8. The van der Waals surface area contributed by atoms with Crippen LogP contribution in [0.5, 0.6) is 0 Å². The zero-order valence-electron chi connectivity index (χ0n) is 16.3. The van der Waals surface area contributed by atoms with Crippen molar-refractivity contribution in [3.8, 4) is 0 Å². The zero-order chi connectivity index (χ0) is 23.2. The van der Waals surface area contributed by atoms with E-state index in [0.717, 1.165) is 27.7 Å². The van der Waals surface area contributed by atoms with Gasteiger partial charge in [-0.05, 0) is 0 Å². The molecule has 1 saturated heterocycles. The fourth-order valence-electron chi connectivity index (χ4n) is 2.57. The van der Waals surface area contributed by atoms with E-state index in [1.807, 2.05) is 0 Å². The van der Waals surface area contributed by atoms with Crippen molar-refractivity contribution in [1.29, 1.82) is 0 Å². The van der Waals surface area contributed by atoms with Gasteiger partial charge < -0.3 is 29.0 Å². The third kappa shape index (κ3) is 7.50. The number of carbonyl (C=O) groups excluding carboxylic acids is 5. The van der Waals surface area contributed by atoms with Crippen molar-refractivity contribution in [1.82, 2.24) is 5.32 Å². The van der Waals surface area contributed by atoms with E-state index >= 15 is 0 Å². The van der Waals surface area contributed by atoms with Gasteiger partial charge in [0.05, 0.1) is 0 Å². The Kier molecular flexibility index (Phi) is 8.57. The van der Waals surface area contributed by atoms with Crippen molar-refractivity contribution in [3.63, 3.8) is 0 Å². The maximum Gasteiger partial charge on any atom is 0.471 e. The molecule has 0 aromatic heterocycles. The number of esters is 4. The van der Waals surface area contributed by atoms with Crippen LogP contribution in [0.15, 0.2) is 0 Å². The van der Waals surface area contributed by atoms with Crippen molar-refractivity contribution in [2.75, 3.05) is 6.61 Å². The van der Waals surface area contributed by atoms with E-state index in [4.69, 9.17) is 23.7 Å². The van der Waals surface area contributed by atoms with Crippen LogP contribution >= 0.6 is 0 Å². The van der Waals surface area contributed by atoms with Crippen LogP contribution in [0.4, 0.5) is 13.2 Å². The number of halogens is 3. The van der Waals surface area contributed by atoms with Gasteiger partial charge in [0, 0.05) is 27.7 Å². The summed E-state index contributed by atoms with van der Waals surface area (Å²) < 4.78 is 63.3. The lowest BCUT2D eigenvalue weighted by atomic mass is 9.95. The lowest BCUT2D eigenvalue weighted by Crippen LogP contribution is -2.68. The van der Waals surface area contributed by atoms with Crippen LogP contribution in [0.1, 0.15) is 27.7 Å². The molecule has 1 rings (SSSR count). The number of nitrogens with one attached hydrogen (secondary N) is 1. The number of ether oxygens (including phenoxy) is 5. The summed E-state index contributed by atoms with van der Waals surface area (Å²) in [6.45, 7) is 3.15. The molecular weight excluding hydrogens is 423 g/mol. The first-order valence-electron chi connectivity index (χ1n) is 8.40. The molecule has 30 heavy (non-hydrogen) atoms. The minimum Gasteiger partial charge on any atom is -0.463 e. The molecule has 0 spiro atoms. The number of rotatable bonds is 6. The Morgan fingerprint density at radius 2 is 1.33 bits per heavy atom. The molecule has 0 aromatic rings. The van der Waals surface area contributed by atoms with Gasteiger partial charge in [-0.25, -0.2) is 0 Å². The first-order valence-corrected chi connectivity index (χ1v) is 8.40. The van der Waals surface area contributed by atoms with E-state index in [2.05, 4.69) is 0 Å². The Morgan fingerprint density at radius 3 is 1.77 bits per heavy atom. The number of alkyl halides is 3. The molecule has 0 radical (unpaired) electrons. The van der Waals surface area contributed by atoms with E-state index in [0.29, 0.717) is 0 Å². The molecule has 1 N–H and O–H groups in total. The van der Waals surface area contributed by atoms with E-state index in [9.17, 15) is 37.1 Å². The summed E-state index contributed by atoms with van der Waals surface area (Å²) in [6.07, 6.45) is -12.2. The van der Waals surface area contributed by atoms with Crippen LogP contribution in [-0.2, 0) is 47.7 Å². The fourth-order valence-corrected chi connectivity index (χ4v) is 2.57. The van der Waals surface area contributed by atoms with Crippen LogP contribution < -0.4 is 5.32 Å². The van der Waals surface area contributed by atoms with Crippen LogP contribution in [0, 0.1) is 0 Å². The van der Waals surface area contributed by atoms with Crippen molar-refractivity contribution in [2.24, 2.45) is 0 Å². The Labute approximate surface area is 168 Å². The van der Waals surface area contributed by atoms with Gasteiger partial charge in [0.25, 0.3) is 0 Å². The summed E-state index contributed by atoms with van der Waals surface area (Å²) >= 11 is 0. The highest BCUT2D eigenvalue weighted by Crippen LogP contribution is 2.29. The van der Waals surface area contributed by atoms with Gasteiger partial charge in [0.2, 0.25) is 6.29 Å². The highest BCUT2D eigenvalue weighted by Gasteiger charge is 2.54. The molecule has 1 amide bonds. The molecule has 0 saturated carbocycles. The molecule has 1 aliphatic heterocycles. The summed E-state index contributed by atoms with van der Waals surface area (Å²) in [4.78, 5) is 57.0. The third-order valence-electron chi connectivity index (χ3n) is 3.54. The Hall–Kier alpha value is -2.90. The molecule has 5 atom stereocenters. The number of hydrogen-bond acceptors (Lipinski definition) is 10. The first kappa shape index (κ1) is 25.1. The Morgan fingerprint density at radius 1 is 0.833 bits per heavy atom. The minimum absolute atomic E-state index is 0.643. The lowest BCUT2D eigenvalue weighted by molar-refractivity contribution is -0.278. The summed E-state index contributed by atoms with van der Waals surface area (Å²) in [6, 6.07) is -1.87. The van der Waals surface area contributed by atoms with Gasteiger partial charge in [-0.15, -0.1) is 0 Å². The highest BCUT2D eigenvalue weighted by molar-refractivity contribution is 5.82. The number of carbonyl (C=O) groups is 5. The molecule has 14 heteroatoms. The Bertz CT molecular complexity index is 695. The zero-order valence-corrected chi connectivity index (χ0v) is 16.3. The SMILES string of the molecule is CC(=O)OC[C@H]1O[C@H](OC(C)=O)[C@H](OC(C)=O)[C@@H](NC(=O)C(F)(F)F)[C@@H]1OC(C)=O. The highest BCUT2D eigenvalue weighted by atomic mass is 19.4. The lowest BCUT2D eigenvalue weighted by Gasteiger charge is -2.44. The molecule has 0 aliphatic carbocycles. The van der Waals surface area contributed by atoms with E-state index < -0.39 is 73.2 Å². The van der Waals surface area contributed by atoms with Gasteiger partial charge in [0.1, 0.15) is 18.8 Å². The van der Waals surface area contributed by atoms with E-state index in [-0.39, 0.29) is 0 Å². The van der Waals surface area contributed by atoms with Crippen LogP contribution in [-0.4, -0.2) is 73.2 Å². The van der Waals surface area contributed by atoms with Crippen LogP contribution in [0.2, 0.25) is 0 Å². The number of hydrogen-bond donors (Lipinski definition) is 1. The van der Waals surface area contributed by atoms with Gasteiger partial charge in [-0.2, -0.15) is 13.2 Å². The molecule has 11 nitrogen and oxygen atoms in total. The van der Waals surface area contributed by atoms with Crippen molar-refractivity contribution in [2.45, 2.75) is 64.5 Å². The summed E-state index contributed by atoms with van der Waals surface area (Å²) in [7, 11) is 0. The third-order valence-corrected chi connectivity index (χ3v) is 3.54. The van der Waals surface area contributed by atoms with E-state index in [1.54, 1.807) is 5.32 Å². The Balaban J connectivity index is 3.41. The second-order valence-electron chi connectivity index (χ2n) is 6.10. The maximum absolute atomic E-state index is 12.8. The van der Waals surface area contributed by atoms with Crippen LogP contribution in [0.3, 0.4) is 0 Å².